The first-order chi connectivity index (χ1) is 20.5. The summed E-state index contributed by atoms with van der Waals surface area (Å²) in [6, 6.07) is 22.8. The highest BCUT2D eigenvalue weighted by molar-refractivity contribution is 8.00. The predicted molar refractivity (Wildman–Crippen MR) is 166 cm³/mol. The van der Waals surface area contributed by atoms with Crippen LogP contribution in [0.1, 0.15) is 13.8 Å². The van der Waals surface area contributed by atoms with Crippen LogP contribution < -0.4 is 19.5 Å². The fraction of sp³-hybridized carbons (Fsp3) is 0.194. The van der Waals surface area contributed by atoms with E-state index in [-0.39, 0.29) is 5.91 Å². The molecule has 0 aliphatic carbocycles. The van der Waals surface area contributed by atoms with Crippen LogP contribution in [0.25, 0.3) is 33.8 Å². The molecule has 1 atom stereocenters. The number of thiazole rings is 1. The molecule has 2 aromatic heterocycles. The minimum atomic E-state index is -0.500. The van der Waals surface area contributed by atoms with Gasteiger partial charge in [0.1, 0.15) is 28.6 Å². The lowest BCUT2D eigenvalue weighted by Gasteiger charge is -2.13. The van der Waals surface area contributed by atoms with Gasteiger partial charge < -0.3 is 19.5 Å². The number of ether oxygens (including phenoxy) is 3. The molecule has 1 amide bonds. The maximum atomic E-state index is 13.1. The zero-order valence-electron chi connectivity index (χ0n) is 23.5. The Labute approximate surface area is 252 Å². The van der Waals surface area contributed by atoms with E-state index in [2.05, 4.69) is 20.5 Å². The normalized spacial score (nSPS) is 11.5. The summed E-state index contributed by atoms with van der Waals surface area (Å²) in [4.78, 5) is 22.5. The molecule has 214 valence electrons. The van der Waals surface area contributed by atoms with E-state index in [1.54, 1.807) is 21.1 Å². The van der Waals surface area contributed by atoms with Crippen LogP contribution in [0.4, 0.5) is 5.13 Å². The zero-order chi connectivity index (χ0) is 29.5. The highest BCUT2D eigenvalue weighted by Crippen LogP contribution is 2.33. The van der Waals surface area contributed by atoms with Crippen molar-refractivity contribution in [2.45, 2.75) is 24.3 Å². The third kappa shape index (κ3) is 6.87. The molecule has 1 N–H and O–H groups in total. The molecule has 0 bridgehead atoms. The number of benzene rings is 3. The Balaban J connectivity index is 1.33. The molecule has 42 heavy (non-hydrogen) atoms. The number of anilines is 1. The lowest BCUT2D eigenvalue weighted by atomic mass is 10.0. The van der Waals surface area contributed by atoms with Gasteiger partial charge in [0.25, 0.3) is 0 Å². The lowest BCUT2D eigenvalue weighted by Crippen LogP contribution is -2.22. The Bertz CT molecular complexity index is 1640. The van der Waals surface area contributed by atoms with E-state index in [0.717, 1.165) is 39.6 Å². The topological polar surface area (TPSA) is 108 Å². The summed E-state index contributed by atoms with van der Waals surface area (Å²) >= 11 is 2.60. The molecule has 5 aromatic rings. The number of rotatable bonds is 11. The molecule has 0 fully saturated rings. The number of amides is 1. The fourth-order valence-electron chi connectivity index (χ4n) is 4.03. The van der Waals surface area contributed by atoms with Crippen molar-refractivity contribution in [1.29, 1.82) is 0 Å². The van der Waals surface area contributed by atoms with Gasteiger partial charge >= 0.3 is 0 Å². The Kier molecular flexibility index (Phi) is 9.30. The predicted octanol–water partition coefficient (Wildman–Crippen LogP) is 6.86. The number of nitrogens with zero attached hydrogens (tertiary/aromatic N) is 4. The minimum absolute atomic E-state index is 0.207. The Morgan fingerprint density at radius 2 is 1.38 bits per heavy atom. The van der Waals surface area contributed by atoms with Gasteiger partial charge in [-0.25, -0.2) is 9.97 Å². The van der Waals surface area contributed by atoms with Crippen LogP contribution in [0.15, 0.2) is 83.3 Å². The molecule has 2 heterocycles. The number of aromatic nitrogens is 4. The first-order valence-electron chi connectivity index (χ1n) is 13.2. The summed E-state index contributed by atoms with van der Waals surface area (Å²) < 4.78 is 16.1. The van der Waals surface area contributed by atoms with Crippen LogP contribution >= 0.6 is 23.1 Å². The van der Waals surface area contributed by atoms with Crippen molar-refractivity contribution in [1.82, 2.24) is 20.2 Å². The third-order valence-corrected chi connectivity index (χ3v) is 7.95. The number of thioether (sulfide) groups is 1. The number of carbonyl (C=O) groups excluding carboxylic acids is 1. The Morgan fingerprint density at radius 1 is 0.810 bits per heavy atom. The van der Waals surface area contributed by atoms with Gasteiger partial charge in [0.15, 0.2) is 5.13 Å². The maximum Gasteiger partial charge on any atom is 0.239 e. The van der Waals surface area contributed by atoms with E-state index >= 15 is 0 Å². The van der Waals surface area contributed by atoms with Crippen LogP contribution in [0.3, 0.4) is 0 Å². The van der Waals surface area contributed by atoms with Crippen LogP contribution in [0, 0.1) is 0 Å². The molecule has 0 aliphatic heterocycles. The molecular formula is C31H29N5O4S2. The first-order valence-corrected chi connectivity index (χ1v) is 14.9. The third-order valence-electron chi connectivity index (χ3n) is 6.24. The molecule has 0 radical (unpaired) electrons. The van der Waals surface area contributed by atoms with Crippen molar-refractivity contribution in [2.24, 2.45) is 0 Å². The Hall–Kier alpha value is -4.48. The van der Waals surface area contributed by atoms with Gasteiger partial charge in [0.2, 0.25) is 11.1 Å². The molecule has 0 spiro atoms. The Morgan fingerprint density at radius 3 is 1.98 bits per heavy atom. The van der Waals surface area contributed by atoms with Gasteiger partial charge in [0.05, 0.1) is 31.8 Å². The number of hydrogen-bond acceptors (Lipinski definition) is 10. The number of hydrogen-bond donors (Lipinski definition) is 1. The van der Waals surface area contributed by atoms with Crippen molar-refractivity contribution in [3.8, 4) is 51.0 Å². The van der Waals surface area contributed by atoms with Gasteiger partial charge in [-0.05, 0) is 86.6 Å². The molecule has 0 saturated heterocycles. The van der Waals surface area contributed by atoms with Crippen molar-refractivity contribution >= 4 is 34.1 Å². The molecule has 1 unspecified atom stereocenters. The average Bonchev–Trinajstić information content (AvgIpc) is 3.50. The summed E-state index contributed by atoms with van der Waals surface area (Å²) in [5.41, 5.74) is 4.68. The van der Waals surface area contributed by atoms with Crippen molar-refractivity contribution in [3.05, 3.63) is 78.2 Å². The number of carbonyl (C=O) groups is 1. The molecule has 0 aliphatic rings. The molecule has 0 saturated carbocycles. The van der Waals surface area contributed by atoms with E-state index in [1.807, 2.05) is 85.1 Å². The summed E-state index contributed by atoms with van der Waals surface area (Å²) in [6.45, 7) is 4.36. The summed E-state index contributed by atoms with van der Waals surface area (Å²) in [6.07, 6.45) is 0. The monoisotopic (exact) mass is 599 g/mol. The van der Waals surface area contributed by atoms with Gasteiger partial charge in [-0.15, -0.1) is 21.5 Å². The lowest BCUT2D eigenvalue weighted by molar-refractivity contribution is -0.115. The van der Waals surface area contributed by atoms with E-state index in [0.29, 0.717) is 28.3 Å². The van der Waals surface area contributed by atoms with E-state index in [9.17, 15) is 4.79 Å². The largest absolute Gasteiger partial charge is 0.497 e. The van der Waals surface area contributed by atoms with Crippen LogP contribution in [0.2, 0.25) is 0 Å². The summed E-state index contributed by atoms with van der Waals surface area (Å²) in [5, 5.41) is 14.1. The van der Waals surface area contributed by atoms with Crippen LogP contribution in [0.5, 0.6) is 17.2 Å². The highest BCUT2D eigenvalue weighted by Gasteiger charge is 2.21. The summed E-state index contributed by atoms with van der Waals surface area (Å²) in [7, 11) is 3.25. The first kappa shape index (κ1) is 29.0. The molecule has 5 rings (SSSR count). The molecule has 9 nitrogen and oxygen atoms in total. The van der Waals surface area contributed by atoms with E-state index in [4.69, 9.17) is 19.2 Å². The SMILES string of the molecule is CCOc1ccc(-c2csc(NC(=O)C(C)Sc3nnc(-c4ccc(OC)cc4)c(-c4ccc(OC)cc4)n3)n2)cc1. The van der Waals surface area contributed by atoms with Gasteiger partial charge in [-0.2, -0.15) is 0 Å². The van der Waals surface area contributed by atoms with Gasteiger partial charge in [-0.3, -0.25) is 4.79 Å². The fourth-order valence-corrected chi connectivity index (χ4v) is 5.46. The second-order valence-corrected chi connectivity index (χ2v) is 11.2. The molecule has 11 heteroatoms. The van der Waals surface area contributed by atoms with Crippen molar-refractivity contribution in [3.63, 3.8) is 0 Å². The average molecular weight is 600 g/mol. The maximum absolute atomic E-state index is 13.1. The van der Waals surface area contributed by atoms with E-state index in [1.165, 1.54) is 23.1 Å². The smallest absolute Gasteiger partial charge is 0.239 e. The summed E-state index contributed by atoms with van der Waals surface area (Å²) in [5.74, 6) is 2.07. The second kappa shape index (κ2) is 13.5. The van der Waals surface area contributed by atoms with Crippen LogP contribution in [-0.2, 0) is 4.79 Å². The standard InChI is InChI=1S/C31H29N5O4S2/c1-5-40-25-16-6-20(7-17-25)26-18-41-30(32-26)34-29(37)19(2)42-31-33-27(21-8-12-23(38-3)13-9-21)28(35-36-31)22-10-14-24(39-4)15-11-22/h6-19H,5H2,1-4H3,(H,32,34,37). The van der Waals surface area contributed by atoms with E-state index < -0.39 is 5.25 Å². The molecule has 3 aromatic carbocycles. The minimum Gasteiger partial charge on any atom is -0.497 e. The van der Waals surface area contributed by atoms with Gasteiger partial charge in [-0.1, -0.05) is 11.8 Å². The van der Waals surface area contributed by atoms with Crippen molar-refractivity contribution in [2.75, 3.05) is 26.1 Å². The number of methoxy groups -OCH3 is 2. The van der Waals surface area contributed by atoms with Crippen LogP contribution in [-0.4, -0.2) is 52.1 Å². The molecular weight excluding hydrogens is 571 g/mol. The second-order valence-electron chi connectivity index (χ2n) is 8.99. The number of nitrogens with one attached hydrogen (secondary N) is 1. The van der Waals surface area contributed by atoms with Crippen molar-refractivity contribution < 1.29 is 19.0 Å². The zero-order valence-corrected chi connectivity index (χ0v) is 25.2. The quantitative estimate of drug-likeness (QED) is 0.163. The van der Waals surface area contributed by atoms with Gasteiger partial charge in [0, 0.05) is 22.1 Å². The highest BCUT2D eigenvalue weighted by atomic mass is 32.2.